The van der Waals surface area contributed by atoms with E-state index in [0.717, 1.165) is 17.6 Å². The summed E-state index contributed by atoms with van der Waals surface area (Å²) >= 11 is 0.765. The average Bonchev–Trinajstić information content (AvgIpc) is 2.44. The zero-order valence-electron chi connectivity index (χ0n) is 9.13. The zero-order valence-corrected chi connectivity index (χ0v) is 10.8. The van der Waals surface area contributed by atoms with E-state index in [1.54, 1.807) is 0 Å². The molecule has 1 aromatic rings. The molecule has 0 saturated heterocycles. The Morgan fingerprint density at radius 3 is 2.41 bits per heavy atom. The molecule has 1 heterocycles. The molecule has 9 heteroatoms. The maximum atomic E-state index is 12.6. The van der Waals surface area contributed by atoms with Crippen molar-refractivity contribution >= 4 is 21.2 Å². The number of nitrogens with one attached hydrogen (secondary N) is 1. The number of sulfone groups is 1. The van der Waals surface area contributed by atoms with Crippen LogP contribution in [0.5, 0.6) is 0 Å². The first-order chi connectivity index (χ1) is 7.63. The van der Waals surface area contributed by atoms with Crippen LogP contribution in [0.2, 0.25) is 0 Å². The van der Waals surface area contributed by atoms with Crippen LogP contribution in [-0.2, 0) is 28.3 Å². The van der Waals surface area contributed by atoms with E-state index in [9.17, 15) is 21.6 Å². The molecule has 0 saturated carbocycles. The number of alkyl halides is 3. The van der Waals surface area contributed by atoms with Gasteiger partial charge in [-0.1, -0.05) is 0 Å². The lowest BCUT2D eigenvalue weighted by molar-refractivity contribution is -0.141. The summed E-state index contributed by atoms with van der Waals surface area (Å²) in [4.78, 5) is 3.36. The van der Waals surface area contributed by atoms with Crippen LogP contribution in [0.1, 0.15) is 15.6 Å². The van der Waals surface area contributed by atoms with Crippen molar-refractivity contribution in [3.63, 3.8) is 0 Å². The van der Waals surface area contributed by atoms with Gasteiger partial charge in [0.05, 0.1) is 4.88 Å². The van der Waals surface area contributed by atoms with Crippen LogP contribution in [0.3, 0.4) is 0 Å². The van der Waals surface area contributed by atoms with Gasteiger partial charge in [-0.15, -0.1) is 11.3 Å². The molecule has 0 aliphatic carbocycles. The molecule has 98 valence electrons. The third-order valence-electron chi connectivity index (χ3n) is 1.73. The molecule has 4 nitrogen and oxygen atoms in total. The van der Waals surface area contributed by atoms with Gasteiger partial charge in [-0.05, 0) is 7.05 Å². The molecule has 1 aromatic heterocycles. The fourth-order valence-corrected chi connectivity index (χ4v) is 3.48. The Balaban J connectivity index is 3.13. The standard InChI is InChI=1S/C8H11F3N2O2S2/c1-12-3-5-7(8(9,10)11)13-6(16-5)4-17(2,14)15/h12H,3-4H2,1-2H3. The highest BCUT2D eigenvalue weighted by atomic mass is 32.2. The monoisotopic (exact) mass is 288 g/mol. The highest BCUT2D eigenvalue weighted by Crippen LogP contribution is 2.34. The van der Waals surface area contributed by atoms with E-state index in [1.165, 1.54) is 7.05 Å². The molecule has 17 heavy (non-hydrogen) atoms. The van der Waals surface area contributed by atoms with E-state index in [2.05, 4.69) is 10.3 Å². The Labute approximate surface area is 101 Å². The van der Waals surface area contributed by atoms with Crippen LogP contribution in [0.4, 0.5) is 13.2 Å². The minimum absolute atomic E-state index is 0.00125. The van der Waals surface area contributed by atoms with Gasteiger partial charge in [0.2, 0.25) is 0 Å². The van der Waals surface area contributed by atoms with Gasteiger partial charge < -0.3 is 5.32 Å². The molecule has 0 aliphatic heterocycles. The van der Waals surface area contributed by atoms with Gasteiger partial charge in [-0.2, -0.15) is 13.2 Å². The summed E-state index contributed by atoms with van der Waals surface area (Å²) in [7, 11) is -1.87. The molecule has 0 unspecified atom stereocenters. The second-order valence-electron chi connectivity index (χ2n) is 3.48. The molecular formula is C8H11F3N2O2S2. The Bertz CT molecular complexity index is 493. The Kier molecular flexibility index (Phi) is 4.15. The smallest absolute Gasteiger partial charge is 0.315 e. The van der Waals surface area contributed by atoms with E-state index in [1.807, 2.05) is 0 Å². The number of hydrogen-bond acceptors (Lipinski definition) is 5. The van der Waals surface area contributed by atoms with Gasteiger partial charge in [0, 0.05) is 12.8 Å². The average molecular weight is 288 g/mol. The van der Waals surface area contributed by atoms with Crippen molar-refractivity contribution in [3.05, 3.63) is 15.6 Å². The highest BCUT2D eigenvalue weighted by Gasteiger charge is 2.37. The van der Waals surface area contributed by atoms with E-state index >= 15 is 0 Å². The first kappa shape index (κ1) is 14.4. The topological polar surface area (TPSA) is 59.1 Å². The first-order valence-corrected chi connectivity index (χ1v) is 7.39. The molecule has 0 fully saturated rings. The van der Waals surface area contributed by atoms with Crippen molar-refractivity contribution < 1.29 is 21.6 Å². The summed E-state index contributed by atoms with van der Waals surface area (Å²) in [6.45, 7) is 0.0102. The quantitative estimate of drug-likeness (QED) is 0.910. The van der Waals surface area contributed by atoms with E-state index in [4.69, 9.17) is 0 Å². The molecular weight excluding hydrogens is 277 g/mol. The van der Waals surface area contributed by atoms with Crippen LogP contribution < -0.4 is 5.32 Å². The Hall–Kier alpha value is -0.670. The lowest BCUT2D eigenvalue weighted by atomic mass is 10.3. The number of aromatic nitrogens is 1. The number of hydrogen-bond donors (Lipinski definition) is 1. The molecule has 1 rings (SSSR count). The lowest BCUT2D eigenvalue weighted by Gasteiger charge is -2.04. The molecule has 0 bridgehead atoms. The summed E-state index contributed by atoms with van der Waals surface area (Å²) < 4.78 is 59.8. The molecule has 0 aromatic carbocycles. The van der Waals surface area contributed by atoms with Gasteiger partial charge in [0.25, 0.3) is 0 Å². The lowest BCUT2D eigenvalue weighted by Crippen LogP contribution is -2.13. The highest BCUT2D eigenvalue weighted by molar-refractivity contribution is 7.90. The van der Waals surface area contributed by atoms with Crippen LogP contribution >= 0.6 is 11.3 Å². The minimum atomic E-state index is -4.56. The van der Waals surface area contributed by atoms with Crippen molar-refractivity contribution in [1.29, 1.82) is 0 Å². The largest absolute Gasteiger partial charge is 0.434 e. The molecule has 0 radical (unpaired) electrons. The summed E-state index contributed by atoms with van der Waals surface area (Å²) in [6.07, 6.45) is -3.60. The van der Waals surface area contributed by atoms with Gasteiger partial charge in [0.1, 0.15) is 10.8 Å². The Morgan fingerprint density at radius 1 is 1.41 bits per heavy atom. The third kappa shape index (κ3) is 4.25. The third-order valence-corrected chi connectivity index (χ3v) is 3.77. The van der Waals surface area contributed by atoms with Gasteiger partial charge >= 0.3 is 6.18 Å². The zero-order chi connectivity index (χ0) is 13.3. The molecule has 0 aliphatic rings. The Morgan fingerprint density at radius 2 is 2.00 bits per heavy atom. The predicted molar refractivity (Wildman–Crippen MR) is 58.4 cm³/mol. The first-order valence-electron chi connectivity index (χ1n) is 4.51. The number of thiazole rings is 1. The maximum Gasteiger partial charge on any atom is 0.434 e. The predicted octanol–water partition coefficient (Wildman–Crippen LogP) is 1.43. The second kappa shape index (κ2) is 4.91. The molecule has 0 amide bonds. The normalized spacial score (nSPS) is 13.0. The number of rotatable bonds is 4. The van der Waals surface area contributed by atoms with Gasteiger partial charge in [0.15, 0.2) is 15.5 Å². The summed E-state index contributed by atoms with van der Waals surface area (Å²) in [5.74, 6) is -0.468. The van der Waals surface area contributed by atoms with Crippen LogP contribution in [0.25, 0.3) is 0 Å². The van der Waals surface area contributed by atoms with Gasteiger partial charge in [-0.3, -0.25) is 0 Å². The van der Waals surface area contributed by atoms with E-state index < -0.39 is 27.5 Å². The number of nitrogens with zero attached hydrogens (tertiary/aromatic N) is 1. The van der Waals surface area contributed by atoms with Crippen LogP contribution in [0, 0.1) is 0 Å². The van der Waals surface area contributed by atoms with Crippen LogP contribution in [-0.4, -0.2) is 26.7 Å². The van der Waals surface area contributed by atoms with Crippen molar-refractivity contribution in [1.82, 2.24) is 10.3 Å². The maximum absolute atomic E-state index is 12.6. The molecule has 0 atom stereocenters. The fraction of sp³-hybridized carbons (Fsp3) is 0.625. The molecule has 0 spiro atoms. The van der Waals surface area contributed by atoms with Crippen molar-refractivity contribution in [2.24, 2.45) is 0 Å². The van der Waals surface area contributed by atoms with Gasteiger partial charge in [-0.25, -0.2) is 13.4 Å². The second-order valence-corrected chi connectivity index (χ2v) is 6.79. The van der Waals surface area contributed by atoms with Crippen molar-refractivity contribution in [2.75, 3.05) is 13.3 Å². The fourth-order valence-electron chi connectivity index (χ4n) is 1.19. The summed E-state index contributed by atoms with van der Waals surface area (Å²) in [5.41, 5.74) is -1.00. The summed E-state index contributed by atoms with van der Waals surface area (Å²) in [5, 5.41) is 2.56. The molecule has 1 N–H and O–H groups in total. The van der Waals surface area contributed by atoms with Crippen molar-refractivity contribution in [2.45, 2.75) is 18.5 Å². The van der Waals surface area contributed by atoms with E-state index in [0.29, 0.717) is 0 Å². The minimum Gasteiger partial charge on any atom is -0.315 e. The SMILES string of the molecule is CNCc1sc(CS(C)(=O)=O)nc1C(F)(F)F. The summed E-state index contributed by atoms with van der Waals surface area (Å²) in [6, 6.07) is 0. The van der Waals surface area contributed by atoms with Crippen LogP contribution in [0.15, 0.2) is 0 Å². The number of halogens is 3. The van der Waals surface area contributed by atoms with E-state index in [-0.39, 0.29) is 16.4 Å². The van der Waals surface area contributed by atoms with Crippen molar-refractivity contribution in [3.8, 4) is 0 Å².